The smallest absolute Gasteiger partial charge is 0.780 e. The molecule has 12 nitrogen and oxygen atoms in total. The van der Waals surface area contributed by atoms with E-state index in [0.717, 1.165) is 11.3 Å². The van der Waals surface area contributed by atoms with E-state index >= 15 is 0 Å². The molecule has 6 rings (SSSR count). The molecule has 0 aliphatic carbocycles. The number of imidazole rings is 1. The van der Waals surface area contributed by atoms with Crippen LogP contribution in [0.5, 0.6) is 0 Å². The van der Waals surface area contributed by atoms with Gasteiger partial charge in [-0.15, -0.1) is 0 Å². The van der Waals surface area contributed by atoms with Crippen LogP contribution >= 0.6 is 22.6 Å². The van der Waals surface area contributed by atoms with Crippen molar-refractivity contribution in [1.29, 1.82) is 0 Å². The second-order valence-corrected chi connectivity index (χ2v) is 11.0. The number of anilines is 1. The first-order valence-corrected chi connectivity index (χ1v) is 13.1. The van der Waals surface area contributed by atoms with Crippen LogP contribution in [-0.4, -0.2) is 62.1 Å². The Hall–Kier alpha value is -0.870. The Balaban J connectivity index is 0.00000137. The number of hydrogen-bond acceptors (Lipinski definition) is 10. The number of amides is 1. The van der Waals surface area contributed by atoms with Crippen molar-refractivity contribution >= 4 is 51.9 Å². The summed E-state index contributed by atoms with van der Waals surface area (Å²) in [7, 11) is 0. The van der Waals surface area contributed by atoms with Gasteiger partial charge in [0.1, 0.15) is 30.8 Å². The van der Waals surface area contributed by atoms with E-state index < -0.39 is 37.5 Å². The molecule has 2 fully saturated rings. The molecule has 6 atom stereocenters. The Morgan fingerprint density at radius 2 is 2.03 bits per heavy atom. The minimum atomic E-state index is -3.68. The molecule has 0 spiro atoms. The van der Waals surface area contributed by atoms with Gasteiger partial charge in [-0.3, -0.25) is 14.3 Å². The molecule has 5 N–H and O–H groups in total. The van der Waals surface area contributed by atoms with E-state index in [9.17, 15) is 14.8 Å². The van der Waals surface area contributed by atoms with Gasteiger partial charge in [-0.2, -0.15) is 0 Å². The third-order valence-electron chi connectivity index (χ3n) is 5.71. The number of aliphatic hydroxyl groups excluding tert-OH is 1. The summed E-state index contributed by atoms with van der Waals surface area (Å²) < 4.78 is 18.1. The Morgan fingerprint density at radius 1 is 1.29 bits per heavy atom. The molecule has 1 aromatic carbocycles. The molecule has 5 heterocycles. The standard InChI is InChI=1S/C18H17BrN5O6PS.Na.H2O/c19-17-21-11-14(24(17)16-12(25)13-10(29-16)7-28-31(27,32)30-13)22-18-20-9(6-23(18)15(11)26)8-4-2-1-3-5-8;;/h1-6,10,12-13,16,18,20,22,25H,7H2,(H,27,32);;1H2/q;+1;/p-1/t10-,12-,13-,16-,18?,31?;;/m1../s1. The molecule has 2 unspecified atom stereocenters. The van der Waals surface area contributed by atoms with Gasteiger partial charge in [0.05, 0.1) is 12.3 Å². The van der Waals surface area contributed by atoms with Crippen LogP contribution in [0.15, 0.2) is 41.3 Å². The fourth-order valence-corrected chi connectivity index (χ4v) is 6.23. The fourth-order valence-electron chi connectivity index (χ4n) is 4.24. The van der Waals surface area contributed by atoms with Crippen LogP contribution < -0.4 is 45.1 Å². The van der Waals surface area contributed by atoms with Crippen molar-refractivity contribution in [3.8, 4) is 0 Å². The number of benzene rings is 1. The summed E-state index contributed by atoms with van der Waals surface area (Å²) in [4.78, 5) is 31.1. The zero-order valence-electron chi connectivity index (χ0n) is 17.6. The number of halogens is 1. The van der Waals surface area contributed by atoms with Crippen LogP contribution in [0.4, 0.5) is 5.82 Å². The maximum absolute atomic E-state index is 13.2. The predicted molar refractivity (Wildman–Crippen MR) is 120 cm³/mol. The Labute approximate surface area is 229 Å². The minimum absolute atomic E-state index is 0. The van der Waals surface area contributed by atoms with Crippen molar-refractivity contribution in [3.63, 3.8) is 0 Å². The van der Waals surface area contributed by atoms with E-state index in [1.165, 1.54) is 9.47 Å². The molecule has 2 aromatic rings. The fraction of sp³-hybridized carbons (Fsp3) is 0.333. The van der Waals surface area contributed by atoms with E-state index in [-0.39, 0.29) is 58.0 Å². The number of carbonyl (C=O) groups excluding carboxylic acids is 1. The van der Waals surface area contributed by atoms with Crippen LogP contribution in [0.3, 0.4) is 0 Å². The average molecular weight is 582 g/mol. The van der Waals surface area contributed by atoms with Crippen molar-refractivity contribution in [1.82, 2.24) is 19.8 Å². The molecule has 1 aromatic heterocycles. The molecule has 1 amide bonds. The molecular weight excluding hydrogens is 564 g/mol. The molecule has 0 saturated carbocycles. The molecule has 2 saturated heterocycles. The molecule has 0 bridgehead atoms. The maximum atomic E-state index is 13.2. The van der Waals surface area contributed by atoms with Gasteiger partial charge < -0.3 is 39.9 Å². The number of carbonyl (C=O) groups is 1. The monoisotopic (exact) mass is 581 g/mol. The van der Waals surface area contributed by atoms with E-state index in [0.29, 0.717) is 5.82 Å². The number of ether oxygens (including phenoxy) is 1. The summed E-state index contributed by atoms with van der Waals surface area (Å²) in [6, 6.07) is 9.62. The molecule has 34 heavy (non-hydrogen) atoms. The Morgan fingerprint density at radius 3 is 2.76 bits per heavy atom. The summed E-state index contributed by atoms with van der Waals surface area (Å²) in [5.41, 5.74) is 1.88. The number of aliphatic hydroxyl groups is 1. The van der Waals surface area contributed by atoms with Crippen molar-refractivity contribution in [2.24, 2.45) is 0 Å². The SMILES string of the molecule is O.O=C1c2nc(Br)n([C@@H]3O[C@@H]4COP([O-])(=S)O[C@H]4[C@H]3O)c2NC2NC(c3ccccc3)=CN12.[Na+]. The van der Waals surface area contributed by atoms with Crippen LogP contribution in [0.25, 0.3) is 5.70 Å². The molecule has 0 radical (unpaired) electrons. The van der Waals surface area contributed by atoms with Gasteiger partial charge >= 0.3 is 29.6 Å². The third kappa shape index (κ3) is 4.19. The number of nitrogens with one attached hydrogen (secondary N) is 2. The number of hydrogen-bond donors (Lipinski definition) is 3. The average Bonchev–Trinajstić information content (AvgIpc) is 3.43. The van der Waals surface area contributed by atoms with E-state index in [1.54, 1.807) is 6.20 Å². The maximum Gasteiger partial charge on any atom is 1.00 e. The van der Waals surface area contributed by atoms with E-state index in [1.807, 2.05) is 30.3 Å². The van der Waals surface area contributed by atoms with Gasteiger partial charge in [0, 0.05) is 6.20 Å². The Bertz CT molecular complexity index is 1200. The molecule has 176 valence electrons. The van der Waals surface area contributed by atoms with Gasteiger partial charge in [0.25, 0.3) is 5.91 Å². The van der Waals surface area contributed by atoms with Crippen molar-refractivity contribution < 1.29 is 63.6 Å². The number of rotatable bonds is 2. The minimum Gasteiger partial charge on any atom is -0.780 e. The summed E-state index contributed by atoms with van der Waals surface area (Å²) in [5, 5.41) is 17.4. The van der Waals surface area contributed by atoms with Crippen LogP contribution in [-0.2, 0) is 25.6 Å². The van der Waals surface area contributed by atoms with Gasteiger partial charge in [0.2, 0.25) is 0 Å². The predicted octanol–water partition coefficient (Wildman–Crippen LogP) is -3.16. The zero-order chi connectivity index (χ0) is 22.2. The summed E-state index contributed by atoms with van der Waals surface area (Å²) >= 11 is 8.15. The number of fused-ring (bicyclic) bond motifs is 3. The van der Waals surface area contributed by atoms with Gasteiger partial charge in [0.15, 0.2) is 22.9 Å². The third-order valence-corrected chi connectivity index (χ3v) is 7.81. The van der Waals surface area contributed by atoms with Crippen LogP contribution in [0.2, 0.25) is 0 Å². The van der Waals surface area contributed by atoms with Crippen LogP contribution in [0.1, 0.15) is 22.3 Å². The van der Waals surface area contributed by atoms with Crippen molar-refractivity contribution in [2.75, 3.05) is 11.9 Å². The first-order chi connectivity index (χ1) is 15.3. The van der Waals surface area contributed by atoms with E-state index in [2.05, 4.69) is 31.5 Å². The van der Waals surface area contributed by atoms with Gasteiger partial charge in [-0.05, 0) is 21.5 Å². The normalized spacial score (nSPS) is 33.4. The topological polar surface area (TPSA) is 165 Å². The number of nitrogens with zero attached hydrogens (tertiary/aromatic N) is 3. The van der Waals surface area contributed by atoms with Gasteiger partial charge in [-0.25, -0.2) is 4.98 Å². The zero-order valence-corrected chi connectivity index (χ0v) is 22.9. The molecule has 4 aliphatic rings. The quantitative estimate of drug-likeness (QED) is 0.243. The molecular formula is C18H18BrN5NaO7PS. The Kier molecular flexibility index (Phi) is 7.35. The second kappa shape index (κ2) is 9.54. The molecule has 16 heteroatoms. The first-order valence-electron chi connectivity index (χ1n) is 9.70. The van der Waals surface area contributed by atoms with Crippen molar-refractivity contribution in [2.45, 2.75) is 30.8 Å². The number of aromatic nitrogens is 2. The van der Waals surface area contributed by atoms with Crippen LogP contribution in [0, 0.1) is 0 Å². The summed E-state index contributed by atoms with van der Waals surface area (Å²) in [6.07, 6.45) is -2.60. The van der Waals surface area contributed by atoms with Crippen molar-refractivity contribution in [3.05, 3.63) is 52.5 Å². The second-order valence-electron chi connectivity index (χ2n) is 7.63. The first kappa shape index (κ1) is 26.2. The summed E-state index contributed by atoms with van der Waals surface area (Å²) in [5.74, 6) is 0.0460. The van der Waals surface area contributed by atoms with E-state index in [4.69, 9.17) is 25.6 Å². The summed E-state index contributed by atoms with van der Waals surface area (Å²) in [6.45, 7) is -3.75. The largest absolute Gasteiger partial charge is 1.00 e. The van der Waals surface area contributed by atoms with Gasteiger partial charge in [-0.1, -0.05) is 42.1 Å². The molecule has 4 aliphatic heterocycles.